The number of nitrogens with zero attached hydrogens (tertiary/aromatic N) is 2. The Morgan fingerprint density at radius 3 is 1.09 bits per heavy atom. The first-order valence-corrected chi connectivity index (χ1v) is 22.8. The van der Waals surface area contributed by atoms with Gasteiger partial charge < -0.3 is 9.13 Å². The van der Waals surface area contributed by atoms with Gasteiger partial charge in [0.1, 0.15) is 0 Å². The molecule has 8 rings (SSSR count). The standard InChI is InChI=1S/C52H54Br2N2/c1-3-5-7-9-11-13-15-37-17-29-49-45(33-37)47-35-41(53)23-31-51(47)55(49)43-25-19-39(20-26-43)40-21-27-44(28-22-40)56-50-30-18-38(16-14-12-10-8-6-4-2)34-46(50)48-36-42(54)24-32-52(48)56/h17-36H,3-16H2,1-2H3. The summed E-state index contributed by atoms with van der Waals surface area (Å²) in [6.07, 6.45) is 18.2. The van der Waals surface area contributed by atoms with Gasteiger partial charge >= 0.3 is 0 Å². The van der Waals surface area contributed by atoms with Crippen molar-refractivity contribution in [2.75, 3.05) is 0 Å². The van der Waals surface area contributed by atoms with E-state index in [1.54, 1.807) is 0 Å². The molecule has 0 bridgehead atoms. The van der Waals surface area contributed by atoms with Gasteiger partial charge in [0.15, 0.2) is 0 Å². The number of aryl methyl sites for hydroxylation is 2. The fraction of sp³-hybridized carbons (Fsp3) is 0.308. The minimum Gasteiger partial charge on any atom is -0.309 e. The maximum absolute atomic E-state index is 3.76. The molecule has 0 fully saturated rings. The molecule has 0 saturated heterocycles. The molecule has 0 aliphatic rings. The Kier molecular flexibility index (Phi) is 12.4. The fourth-order valence-electron chi connectivity index (χ4n) is 8.78. The second-order valence-electron chi connectivity index (χ2n) is 15.8. The van der Waals surface area contributed by atoms with Crippen LogP contribution in [0, 0.1) is 0 Å². The molecule has 0 N–H and O–H groups in total. The lowest BCUT2D eigenvalue weighted by atomic mass is 10.0. The molecule has 2 heterocycles. The van der Waals surface area contributed by atoms with Gasteiger partial charge in [-0.05, 0) is 133 Å². The van der Waals surface area contributed by atoms with Gasteiger partial charge in [0.05, 0.1) is 22.1 Å². The molecule has 0 saturated carbocycles. The van der Waals surface area contributed by atoms with Gasteiger partial charge in [-0.1, -0.05) is 146 Å². The van der Waals surface area contributed by atoms with Crippen LogP contribution in [0.25, 0.3) is 66.1 Å². The van der Waals surface area contributed by atoms with Crippen LogP contribution in [0.3, 0.4) is 0 Å². The van der Waals surface area contributed by atoms with E-state index < -0.39 is 0 Å². The van der Waals surface area contributed by atoms with Crippen LogP contribution in [0.2, 0.25) is 0 Å². The van der Waals surface area contributed by atoms with Gasteiger partial charge in [-0.3, -0.25) is 0 Å². The Balaban J connectivity index is 1.05. The highest BCUT2D eigenvalue weighted by atomic mass is 79.9. The second-order valence-corrected chi connectivity index (χ2v) is 17.7. The highest BCUT2D eigenvalue weighted by Gasteiger charge is 2.16. The molecule has 2 aromatic heterocycles. The van der Waals surface area contributed by atoms with Crippen molar-refractivity contribution in [1.29, 1.82) is 0 Å². The van der Waals surface area contributed by atoms with E-state index in [9.17, 15) is 0 Å². The Hall–Kier alpha value is -4.12. The van der Waals surface area contributed by atoms with E-state index >= 15 is 0 Å². The van der Waals surface area contributed by atoms with Gasteiger partial charge in [0, 0.05) is 41.9 Å². The van der Waals surface area contributed by atoms with Crippen LogP contribution >= 0.6 is 31.9 Å². The number of hydrogen-bond donors (Lipinski definition) is 0. The molecule has 2 nitrogen and oxygen atoms in total. The van der Waals surface area contributed by atoms with E-state index in [4.69, 9.17) is 0 Å². The SMILES string of the molecule is CCCCCCCCc1ccc2c(c1)c1cc(Br)ccc1n2-c1ccc(-c2ccc(-n3c4ccc(Br)cc4c4cc(CCCCCCCC)ccc43)cc2)cc1. The molecule has 0 spiro atoms. The summed E-state index contributed by atoms with van der Waals surface area (Å²) in [5, 5.41) is 5.25. The Labute approximate surface area is 350 Å². The van der Waals surface area contributed by atoms with Gasteiger partial charge in [0.25, 0.3) is 0 Å². The summed E-state index contributed by atoms with van der Waals surface area (Å²) in [7, 11) is 0. The van der Waals surface area contributed by atoms with E-state index in [0.29, 0.717) is 0 Å². The first-order valence-electron chi connectivity index (χ1n) is 21.2. The minimum absolute atomic E-state index is 1.12. The van der Waals surface area contributed by atoms with Crippen LogP contribution < -0.4 is 0 Å². The van der Waals surface area contributed by atoms with Crippen molar-refractivity contribution in [2.45, 2.75) is 104 Å². The van der Waals surface area contributed by atoms with E-state index in [0.717, 1.165) is 21.8 Å². The van der Waals surface area contributed by atoms with Crippen molar-refractivity contribution in [3.05, 3.63) is 141 Å². The quantitative estimate of drug-likeness (QED) is 0.0807. The number of benzene rings is 6. The normalized spacial score (nSPS) is 11.9. The second kappa shape index (κ2) is 18.0. The first kappa shape index (κ1) is 38.7. The van der Waals surface area contributed by atoms with Crippen LogP contribution in [-0.2, 0) is 12.8 Å². The number of aromatic nitrogens is 2. The third kappa shape index (κ3) is 8.29. The third-order valence-corrected chi connectivity index (χ3v) is 12.8. The van der Waals surface area contributed by atoms with Crippen molar-refractivity contribution in [3.63, 3.8) is 0 Å². The zero-order valence-corrected chi connectivity index (χ0v) is 36.3. The largest absolute Gasteiger partial charge is 0.309 e. The van der Waals surface area contributed by atoms with Crippen molar-refractivity contribution >= 4 is 75.5 Å². The lowest BCUT2D eigenvalue weighted by molar-refractivity contribution is 0.607. The molecule has 4 heteroatoms. The summed E-state index contributed by atoms with van der Waals surface area (Å²) in [5.41, 5.74) is 12.7. The van der Waals surface area contributed by atoms with Crippen LogP contribution in [0.15, 0.2) is 130 Å². The number of fused-ring (bicyclic) bond motifs is 6. The molecule has 286 valence electrons. The lowest BCUT2D eigenvalue weighted by Crippen LogP contribution is -1.95. The zero-order valence-electron chi connectivity index (χ0n) is 33.1. The molecule has 8 aromatic rings. The molecule has 0 atom stereocenters. The smallest absolute Gasteiger partial charge is 0.0541 e. The Morgan fingerprint density at radius 1 is 0.357 bits per heavy atom. The van der Waals surface area contributed by atoms with E-state index in [1.807, 2.05) is 0 Å². The molecular weight excluding hydrogens is 812 g/mol. The molecule has 0 amide bonds. The van der Waals surface area contributed by atoms with Crippen molar-refractivity contribution in [2.24, 2.45) is 0 Å². The van der Waals surface area contributed by atoms with Gasteiger partial charge in [-0.15, -0.1) is 0 Å². The van der Waals surface area contributed by atoms with E-state index in [-0.39, 0.29) is 0 Å². The number of rotatable bonds is 17. The number of halogens is 2. The van der Waals surface area contributed by atoms with Crippen LogP contribution in [-0.4, -0.2) is 9.13 Å². The van der Waals surface area contributed by atoms with Gasteiger partial charge in [-0.2, -0.15) is 0 Å². The predicted molar refractivity (Wildman–Crippen MR) is 250 cm³/mol. The summed E-state index contributed by atoms with van der Waals surface area (Å²) >= 11 is 7.52. The van der Waals surface area contributed by atoms with Gasteiger partial charge in [-0.25, -0.2) is 0 Å². The summed E-state index contributed by atoms with van der Waals surface area (Å²) in [5.74, 6) is 0. The number of hydrogen-bond acceptors (Lipinski definition) is 0. The summed E-state index contributed by atoms with van der Waals surface area (Å²) in [6.45, 7) is 4.57. The zero-order chi connectivity index (χ0) is 38.4. The fourth-order valence-corrected chi connectivity index (χ4v) is 9.50. The van der Waals surface area contributed by atoms with E-state index in [2.05, 4.69) is 176 Å². The first-order chi connectivity index (χ1) is 27.5. The van der Waals surface area contributed by atoms with Gasteiger partial charge in [0.2, 0.25) is 0 Å². The van der Waals surface area contributed by atoms with Crippen molar-refractivity contribution in [3.8, 4) is 22.5 Å². The summed E-state index contributed by atoms with van der Waals surface area (Å²) in [4.78, 5) is 0. The van der Waals surface area contributed by atoms with Crippen molar-refractivity contribution in [1.82, 2.24) is 9.13 Å². The molecule has 0 unspecified atom stereocenters. The van der Waals surface area contributed by atoms with Crippen LogP contribution in [0.5, 0.6) is 0 Å². The molecule has 6 aromatic carbocycles. The maximum Gasteiger partial charge on any atom is 0.0541 e. The van der Waals surface area contributed by atoms with E-state index in [1.165, 1.54) is 154 Å². The Morgan fingerprint density at radius 2 is 0.696 bits per heavy atom. The van der Waals surface area contributed by atoms with Crippen molar-refractivity contribution < 1.29 is 0 Å². The predicted octanol–water partition coefficient (Wildman–Crippen LogP) is 16.9. The number of unbranched alkanes of at least 4 members (excludes halogenated alkanes) is 10. The lowest BCUT2D eigenvalue weighted by Gasteiger charge is -2.11. The molecule has 0 aliphatic carbocycles. The maximum atomic E-state index is 3.76. The highest BCUT2D eigenvalue weighted by Crippen LogP contribution is 2.37. The summed E-state index contributed by atoms with van der Waals surface area (Å²) in [6, 6.07) is 45.9. The molecular formula is C52H54Br2N2. The monoisotopic (exact) mass is 864 g/mol. The average Bonchev–Trinajstić information content (AvgIpc) is 3.71. The molecule has 56 heavy (non-hydrogen) atoms. The van der Waals surface area contributed by atoms with Crippen LogP contribution in [0.1, 0.15) is 102 Å². The topological polar surface area (TPSA) is 9.86 Å². The minimum atomic E-state index is 1.12. The molecule has 0 aliphatic heterocycles. The Bertz CT molecular complexity index is 2390. The summed E-state index contributed by atoms with van der Waals surface area (Å²) < 4.78 is 7.09. The third-order valence-electron chi connectivity index (χ3n) is 11.8. The van der Waals surface area contributed by atoms with Crippen LogP contribution in [0.4, 0.5) is 0 Å². The highest BCUT2D eigenvalue weighted by molar-refractivity contribution is 9.10. The molecule has 0 radical (unpaired) electrons. The average molecular weight is 867 g/mol.